The third-order valence-electron chi connectivity index (χ3n) is 2.89. The molecule has 0 aromatic carbocycles. The van der Waals surface area contributed by atoms with Crippen molar-refractivity contribution in [3.05, 3.63) is 16.5 Å². The van der Waals surface area contributed by atoms with Gasteiger partial charge < -0.3 is 5.32 Å². The van der Waals surface area contributed by atoms with Gasteiger partial charge in [-0.15, -0.1) is 11.3 Å². The predicted octanol–water partition coefficient (Wildman–Crippen LogP) is 2.24. The van der Waals surface area contributed by atoms with Gasteiger partial charge in [0, 0.05) is 17.0 Å². The minimum absolute atomic E-state index is 0.395. The van der Waals surface area contributed by atoms with Gasteiger partial charge in [-0.05, 0) is 45.9 Å². The first kappa shape index (κ1) is 15.6. The summed E-state index contributed by atoms with van der Waals surface area (Å²) in [5.74, 6) is 0. The molecule has 0 fully saturated rings. The average molecular weight is 290 g/mol. The van der Waals surface area contributed by atoms with Crippen molar-refractivity contribution in [1.29, 1.82) is 0 Å². The van der Waals surface area contributed by atoms with Gasteiger partial charge in [0.1, 0.15) is 4.21 Å². The van der Waals surface area contributed by atoms with Crippen LogP contribution in [-0.2, 0) is 16.6 Å². The molecule has 6 heteroatoms. The number of hydrogen-bond acceptors (Lipinski definition) is 4. The summed E-state index contributed by atoms with van der Waals surface area (Å²) in [6, 6.07) is 1.74. The van der Waals surface area contributed by atoms with E-state index in [-0.39, 0.29) is 0 Å². The van der Waals surface area contributed by atoms with Crippen molar-refractivity contribution in [2.45, 2.75) is 50.4 Å². The van der Waals surface area contributed by atoms with E-state index in [4.69, 9.17) is 0 Å². The molecule has 0 saturated carbocycles. The first-order valence-electron chi connectivity index (χ1n) is 5.99. The largest absolute Gasteiger partial charge is 0.315 e. The van der Waals surface area contributed by atoms with E-state index in [1.54, 1.807) is 6.07 Å². The molecule has 0 bridgehead atoms. The highest BCUT2D eigenvalue weighted by Gasteiger charge is 2.26. The first-order chi connectivity index (χ1) is 8.22. The highest BCUT2D eigenvalue weighted by Crippen LogP contribution is 2.27. The second-order valence-electron chi connectivity index (χ2n) is 5.04. The second kappa shape index (κ2) is 5.69. The zero-order valence-electron chi connectivity index (χ0n) is 11.6. The number of nitrogens with one attached hydrogen (secondary N) is 2. The molecule has 0 spiro atoms. The standard InChI is InChI=1S/C12H22N2O2S2/c1-6-12(3,4)14-18(15,16)11-7-9(2)10(17-11)8-13-5/h7,13-14H,6,8H2,1-5H3. The van der Waals surface area contributed by atoms with Crippen LogP contribution in [0.15, 0.2) is 10.3 Å². The van der Waals surface area contributed by atoms with Crippen LogP contribution < -0.4 is 10.0 Å². The minimum Gasteiger partial charge on any atom is -0.315 e. The van der Waals surface area contributed by atoms with Crippen molar-refractivity contribution in [2.75, 3.05) is 7.05 Å². The van der Waals surface area contributed by atoms with Crippen LogP contribution in [0.25, 0.3) is 0 Å². The molecule has 0 aliphatic rings. The highest BCUT2D eigenvalue weighted by atomic mass is 32.2. The van der Waals surface area contributed by atoms with E-state index in [1.807, 2.05) is 34.7 Å². The van der Waals surface area contributed by atoms with Gasteiger partial charge in [0.25, 0.3) is 10.0 Å². The summed E-state index contributed by atoms with van der Waals surface area (Å²) in [6.45, 7) is 8.38. The van der Waals surface area contributed by atoms with Crippen LogP contribution in [0.3, 0.4) is 0 Å². The van der Waals surface area contributed by atoms with Crippen LogP contribution in [0, 0.1) is 6.92 Å². The average Bonchev–Trinajstić information content (AvgIpc) is 2.61. The van der Waals surface area contributed by atoms with Crippen LogP contribution in [0.1, 0.15) is 37.6 Å². The molecule has 4 nitrogen and oxygen atoms in total. The maximum Gasteiger partial charge on any atom is 0.250 e. The van der Waals surface area contributed by atoms with E-state index < -0.39 is 15.6 Å². The second-order valence-corrected chi connectivity index (χ2v) is 8.09. The van der Waals surface area contributed by atoms with Crippen molar-refractivity contribution >= 4 is 21.4 Å². The van der Waals surface area contributed by atoms with Crippen molar-refractivity contribution in [3.63, 3.8) is 0 Å². The fraction of sp³-hybridized carbons (Fsp3) is 0.667. The minimum atomic E-state index is -3.41. The molecule has 1 aromatic heterocycles. The summed E-state index contributed by atoms with van der Waals surface area (Å²) in [7, 11) is -1.56. The molecule has 0 aliphatic heterocycles. The van der Waals surface area contributed by atoms with Crippen molar-refractivity contribution in [2.24, 2.45) is 0 Å². The maximum absolute atomic E-state index is 12.3. The quantitative estimate of drug-likeness (QED) is 0.845. The van der Waals surface area contributed by atoms with Gasteiger partial charge in [-0.25, -0.2) is 13.1 Å². The van der Waals surface area contributed by atoms with Gasteiger partial charge in [-0.3, -0.25) is 0 Å². The maximum atomic E-state index is 12.3. The molecule has 2 N–H and O–H groups in total. The number of hydrogen-bond donors (Lipinski definition) is 2. The smallest absolute Gasteiger partial charge is 0.250 e. The van der Waals surface area contributed by atoms with E-state index in [1.165, 1.54) is 11.3 Å². The fourth-order valence-corrected chi connectivity index (χ4v) is 4.53. The van der Waals surface area contributed by atoms with Crippen LogP contribution in [-0.4, -0.2) is 21.0 Å². The summed E-state index contributed by atoms with van der Waals surface area (Å²) in [5, 5.41) is 3.04. The SMILES string of the molecule is CCC(C)(C)NS(=O)(=O)c1cc(C)c(CNC)s1. The number of aryl methyl sites for hydroxylation is 1. The molecule has 1 heterocycles. The lowest BCUT2D eigenvalue weighted by atomic mass is 10.0. The molecule has 0 atom stereocenters. The Hall–Kier alpha value is -0.430. The van der Waals surface area contributed by atoms with E-state index in [9.17, 15) is 8.42 Å². The third kappa shape index (κ3) is 3.78. The number of rotatable bonds is 6. The number of thiophene rings is 1. The summed E-state index contributed by atoms with van der Waals surface area (Å²) in [5.41, 5.74) is 0.601. The highest BCUT2D eigenvalue weighted by molar-refractivity contribution is 7.91. The Morgan fingerprint density at radius 1 is 1.39 bits per heavy atom. The lowest BCUT2D eigenvalue weighted by Gasteiger charge is -2.23. The summed E-state index contributed by atoms with van der Waals surface area (Å²) < 4.78 is 27.6. The molecular formula is C12H22N2O2S2. The number of sulfonamides is 1. The first-order valence-corrected chi connectivity index (χ1v) is 8.29. The molecule has 0 unspecified atom stereocenters. The molecule has 104 valence electrons. The van der Waals surface area contributed by atoms with Crippen molar-refractivity contribution < 1.29 is 8.42 Å². The molecule has 1 aromatic rings. The lowest BCUT2D eigenvalue weighted by Crippen LogP contribution is -2.42. The summed E-state index contributed by atoms with van der Waals surface area (Å²) in [4.78, 5) is 1.06. The Morgan fingerprint density at radius 2 is 2.00 bits per heavy atom. The monoisotopic (exact) mass is 290 g/mol. The van der Waals surface area contributed by atoms with Crippen LogP contribution >= 0.6 is 11.3 Å². The Labute approximate surface area is 114 Å². The van der Waals surface area contributed by atoms with Gasteiger partial charge in [0.15, 0.2) is 0 Å². The molecule has 0 aliphatic carbocycles. The molecule has 1 rings (SSSR count). The topological polar surface area (TPSA) is 58.2 Å². The zero-order valence-corrected chi connectivity index (χ0v) is 13.3. The van der Waals surface area contributed by atoms with Gasteiger partial charge in [-0.1, -0.05) is 6.92 Å². The third-order valence-corrected chi connectivity index (χ3v) is 6.30. The fourth-order valence-electron chi connectivity index (χ4n) is 1.44. The lowest BCUT2D eigenvalue weighted by molar-refractivity contribution is 0.440. The normalized spacial score (nSPS) is 12.9. The molecule has 0 radical (unpaired) electrons. The molecular weight excluding hydrogens is 268 g/mol. The van der Waals surface area contributed by atoms with E-state index >= 15 is 0 Å². The van der Waals surface area contributed by atoms with Crippen LogP contribution in [0.2, 0.25) is 0 Å². The van der Waals surface area contributed by atoms with Crippen LogP contribution in [0.4, 0.5) is 0 Å². The Bertz CT molecular complexity index is 504. The van der Waals surface area contributed by atoms with Crippen LogP contribution in [0.5, 0.6) is 0 Å². The predicted molar refractivity (Wildman–Crippen MR) is 76.5 cm³/mol. The van der Waals surface area contributed by atoms with Crippen molar-refractivity contribution in [3.8, 4) is 0 Å². The van der Waals surface area contributed by atoms with Gasteiger partial charge >= 0.3 is 0 Å². The Balaban J connectivity index is 3.02. The Kier molecular flexibility index (Phi) is 4.94. The molecule has 0 amide bonds. The molecule has 0 saturated heterocycles. The Morgan fingerprint density at radius 3 is 2.50 bits per heavy atom. The van der Waals surface area contributed by atoms with Gasteiger partial charge in [-0.2, -0.15) is 0 Å². The summed E-state index contributed by atoms with van der Waals surface area (Å²) >= 11 is 1.33. The van der Waals surface area contributed by atoms with Gasteiger partial charge in [0.05, 0.1) is 0 Å². The zero-order chi connectivity index (χ0) is 14.0. The molecule has 18 heavy (non-hydrogen) atoms. The summed E-state index contributed by atoms with van der Waals surface area (Å²) in [6.07, 6.45) is 0.750. The van der Waals surface area contributed by atoms with Crippen molar-refractivity contribution in [1.82, 2.24) is 10.0 Å². The van der Waals surface area contributed by atoms with Gasteiger partial charge in [0.2, 0.25) is 0 Å². The van der Waals surface area contributed by atoms with E-state index in [0.717, 1.165) is 16.9 Å². The van der Waals surface area contributed by atoms with E-state index in [2.05, 4.69) is 10.0 Å². The van der Waals surface area contributed by atoms with E-state index in [0.29, 0.717) is 10.8 Å².